The number of phenolic OH excluding ortho intramolecular Hbond substituents is 1. The molecular weight excluding hydrogens is 376 g/mol. The van der Waals surface area contributed by atoms with Crippen molar-refractivity contribution in [2.24, 2.45) is 0 Å². The number of carbonyl (C=O) groups excluding carboxylic acids is 1. The Morgan fingerprint density at radius 2 is 1.88 bits per heavy atom. The number of methoxy groups -OCH3 is 1. The quantitative estimate of drug-likeness (QED) is 0.631. The van der Waals surface area contributed by atoms with Gasteiger partial charge < -0.3 is 14.6 Å². The molecule has 0 unspecified atom stereocenters. The topological polar surface area (TPSA) is 79.8 Å². The number of hydrogen-bond acceptors (Lipinski definition) is 5. The van der Waals surface area contributed by atoms with Crippen LogP contribution < -0.4 is 20.3 Å². The van der Waals surface area contributed by atoms with E-state index in [9.17, 15) is 9.90 Å². The van der Waals surface area contributed by atoms with Crippen LogP contribution in [0.3, 0.4) is 0 Å². The third-order valence-electron chi connectivity index (χ3n) is 3.05. The summed E-state index contributed by atoms with van der Waals surface area (Å²) in [5.74, 6) is 0.777. The van der Waals surface area contributed by atoms with E-state index in [1.165, 1.54) is 19.2 Å². The minimum Gasteiger partial charge on any atom is -0.508 e. The molecule has 0 heterocycles. The molecule has 0 saturated carbocycles. The zero-order chi connectivity index (χ0) is 17.5. The van der Waals surface area contributed by atoms with E-state index < -0.39 is 0 Å². The molecule has 0 fully saturated rings. The summed E-state index contributed by atoms with van der Waals surface area (Å²) in [7, 11) is 1.53. The number of ether oxygens (including phenoxy) is 2. The lowest BCUT2D eigenvalue weighted by atomic mass is 10.2. The summed E-state index contributed by atoms with van der Waals surface area (Å²) in [6.07, 6.45) is 0. The maximum absolute atomic E-state index is 11.8. The van der Waals surface area contributed by atoms with Gasteiger partial charge in [0.2, 0.25) is 0 Å². The first-order valence-electron chi connectivity index (χ1n) is 6.99. The van der Waals surface area contributed by atoms with E-state index >= 15 is 0 Å². The van der Waals surface area contributed by atoms with Crippen LogP contribution in [0.15, 0.2) is 53.5 Å². The van der Waals surface area contributed by atoms with E-state index in [1.807, 2.05) is 0 Å². The second-order valence-electron chi connectivity index (χ2n) is 4.78. The van der Waals surface area contributed by atoms with Gasteiger partial charge in [0.15, 0.2) is 18.1 Å². The summed E-state index contributed by atoms with van der Waals surface area (Å²) >= 11 is 3.33. The average molecular weight is 393 g/mol. The number of halogens is 1. The predicted octanol–water partition coefficient (Wildman–Crippen LogP) is 2.83. The zero-order valence-electron chi connectivity index (χ0n) is 13.0. The normalized spacial score (nSPS) is 9.92. The van der Waals surface area contributed by atoms with Crippen molar-refractivity contribution in [3.63, 3.8) is 0 Å². The van der Waals surface area contributed by atoms with Gasteiger partial charge in [-0.15, -0.1) is 0 Å². The van der Waals surface area contributed by atoms with Gasteiger partial charge >= 0.3 is 0 Å². The van der Waals surface area contributed by atoms with Crippen LogP contribution in [0.4, 0.5) is 0 Å². The summed E-state index contributed by atoms with van der Waals surface area (Å²) in [5, 5.41) is 9.25. The summed E-state index contributed by atoms with van der Waals surface area (Å²) in [6.45, 7) is 3.62. The summed E-state index contributed by atoms with van der Waals surface area (Å²) < 4.78 is 11.5. The Bertz CT molecular complexity index is 732. The molecular formula is C17H17BrN2O4. The molecule has 2 aromatic carbocycles. The van der Waals surface area contributed by atoms with Crippen LogP contribution in [-0.4, -0.2) is 24.7 Å². The Morgan fingerprint density at radius 1 is 1.17 bits per heavy atom. The van der Waals surface area contributed by atoms with Gasteiger partial charge in [-0.05, 0) is 48.0 Å². The molecule has 0 spiro atoms. The Labute approximate surface area is 148 Å². The first-order chi connectivity index (χ1) is 11.5. The molecule has 0 aliphatic rings. The molecule has 0 bridgehead atoms. The predicted molar refractivity (Wildman–Crippen MR) is 94.6 cm³/mol. The van der Waals surface area contributed by atoms with Gasteiger partial charge in [-0.2, -0.15) is 0 Å². The van der Waals surface area contributed by atoms with Crippen molar-refractivity contribution in [1.29, 1.82) is 0 Å². The van der Waals surface area contributed by atoms with Gasteiger partial charge in [0.05, 0.1) is 12.8 Å². The molecule has 0 aliphatic heterocycles. The van der Waals surface area contributed by atoms with E-state index in [4.69, 9.17) is 9.47 Å². The Kier molecular flexibility index (Phi) is 6.08. The van der Waals surface area contributed by atoms with E-state index in [2.05, 4.69) is 33.4 Å². The van der Waals surface area contributed by atoms with Gasteiger partial charge in [-0.1, -0.05) is 22.5 Å². The number of nitrogens with one attached hydrogen (secondary N) is 2. The highest BCUT2D eigenvalue weighted by molar-refractivity contribution is 9.10. The Hall–Kier alpha value is -2.67. The number of hydrogen-bond donors (Lipinski definition) is 3. The summed E-state index contributed by atoms with van der Waals surface area (Å²) in [6, 6.07) is 11.7. The third-order valence-corrected chi connectivity index (χ3v) is 3.55. The highest BCUT2D eigenvalue weighted by Crippen LogP contribution is 2.30. The lowest BCUT2D eigenvalue weighted by Gasteiger charge is -2.13. The highest BCUT2D eigenvalue weighted by Gasteiger charge is 2.08. The maximum Gasteiger partial charge on any atom is 0.276 e. The molecule has 0 atom stereocenters. The summed E-state index contributed by atoms with van der Waals surface area (Å²) in [4.78, 5) is 11.8. The van der Waals surface area contributed by atoms with E-state index in [0.29, 0.717) is 17.2 Å². The Morgan fingerprint density at radius 3 is 2.54 bits per heavy atom. The zero-order valence-corrected chi connectivity index (χ0v) is 14.6. The number of aromatic hydroxyl groups is 1. The molecule has 7 heteroatoms. The van der Waals surface area contributed by atoms with Crippen LogP contribution in [0, 0.1) is 0 Å². The van der Waals surface area contributed by atoms with Crippen LogP contribution in [0.2, 0.25) is 0 Å². The second kappa shape index (κ2) is 8.26. The van der Waals surface area contributed by atoms with E-state index in [0.717, 1.165) is 10.0 Å². The monoisotopic (exact) mass is 392 g/mol. The number of benzene rings is 2. The Balaban J connectivity index is 1.83. The number of rotatable bonds is 7. The van der Waals surface area contributed by atoms with Crippen molar-refractivity contribution < 1.29 is 19.4 Å². The minimum atomic E-state index is -0.375. The van der Waals surface area contributed by atoms with Crippen LogP contribution in [0.1, 0.15) is 5.56 Å². The molecule has 24 heavy (non-hydrogen) atoms. The smallest absolute Gasteiger partial charge is 0.276 e. The molecule has 0 aromatic heterocycles. The molecule has 1 amide bonds. The standard InChI is InChI=1S/C17H17BrN2O4/c1-11(12-3-6-14(21)7-4-12)19-20-17(22)10-24-15-8-5-13(18)9-16(15)23-2/h3-9,19,21H,1,10H2,2H3,(H,20,22). The number of hydrazine groups is 1. The lowest BCUT2D eigenvalue weighted by molar-refractivity contribution is -0.123. The van der Waals surface area contributed by atoms with Crippen molar-refractivity contribution in [3.8, 4) is 17.2 Å². The van der Waals surface area contributed by atoms with Crippen molar-refractivity contribution in [2.45, 2.75) is 0 Å². The average Bonchev–Trinajstić information content (AvgIpc) is 2.59. The molecule has 2 aromatic rings. The van der Waals surface area contributed by atoms with E-state index in [1.54, 1.807) is 30.3 Å². The fourth-order valence-electron chi connectivity index (χ4n) is 1.82. The van der Waals surface area contributed by atoms with Crippen LogP contribution in [-0.2, 0) is 4.79 Å². The highest BCUT2D eigenvalue weighted by atomic mass is 79.9. The van der Waals surface area contributed by atoms with Crippen LogP contribution >= 0.6 is 15.9 Å². The molecule has 126 valence electrons. The van der Waals surface area contributed by atoms with Crippen molar-refractivity contribution in [3.05, 3.63) is 59.1 Å². The summed E-state index contributed by atoms with van der Waals surface area (Å²) in [5.41, 5.74) is 6.42. The van der Waals surface area contributed by atoms with E-state index in [-0.39, 0.29) is 18.3 Å². The van der Waals surface area contributed by atoms with Gasteiger partial charge in [0, 0.05) is 4.47 Å². The van der Waals surface area contributed by atoms with Crippen molar-refractivity contribution in [2.75, 3.05) is 13.7 Å². The molecule has 0 aliphatic carbocycles. The van der Waals surface area contributed by atoms with Crippen molar-refractivity contribution in [1.82, 2.24) is 10.9 Å². The van der Waals surface area contributed by atoms with Crippen molar-refractivity contribution >= 4 is 27.5 Å². The first-order valence-corrected chi connectivity index (χ1v) is 7.78. The van der Waals surface area contributed by atoms with Gasteiger partial charge in [0.25, 0.3) is 5.91 Å². The molecule has 2 rings (SSSR count). The fraction of sp³-hybridized carbons (Fsp3) is 0.118. The molecule has 0 saturated heterocycles. The van der Waals surface area contributed by atoms with Gasteiger partial charge in [0.1, 0.15) is 5.75 Å². The first kappa shape index (κ1) is 17.7. The fourth-order valence-corrected chi connectivity index (χ4v) is 2.16. The van der Waals surface area contributed by atoms with Gasteiger partial charge in [-0.3, -0.25) is 15.6 Å². The number of phenols is 1. The second-order valence-corrected chi connectivity index (χ2v) is 5.70. The number of amides is 1. The minimum absolute atomic E-state index is 0.160. The third kappa shape index (κ3) is 4.92. The largest absolute Gasteiger partial charge is 0.508 e. The molecule has 6 nitrogen and oxygen atoms in total. The van der Waals surface area contributed by atoms with Crippen LogP contribution in [0.5, 0.6) is 17.2 Å². The van der Waals surface area contributed by atoms with Gasteiger partial charge in [-0.25, -0.2) is 0 Å². The molecule has 0 radical (unpaired) electrons. The number of carbonyl (C=O) groups is 1. The maximum atomic E-state index is 11.8. The SMILES string of the molecule is C=C(NNC(=O)COc1ccc(Br)cc1OC)c1ccc(O)cc1. The van der Waals surface area contributed by atoms with Crippen LogP contribution in [0.25, 0.3) is 5.70 Å². The lowest BCUT2D eigenvalue weighted by Crippen LogP contribution is -2.38. The molecule has 3 N–H and O–H groups in total.